The number of phosphoric acid groups is 2. The number of rotatable bonds is 73. The minimum Gasteiger partial charge on any atom is -0.462 e. The molecule has 0 bridgehead atoms. The molecular formula is C76H148O17P2. The maximum Gasteiger partial charge on any atom is 0.472 e. The van der Waals surface area contributed by atoms with Crippen LogP contribution >= 0.6 is 15.6 Å². The maximum absolute atomic E-state index is 13.1. The minimum atomic E-state index is -4.96. The van der Waals surface area contributed by atoms with Crippen LogP contribution in [0.4, 0.5) is 0 Å². The zero-order chi connectivity index (χ0) is 70.3. The summed E-state index contributed by atoms with van der Waals surface area (Å²) in [7, 11) is -9.92. The molecule has 0 rings (SSSR count). The van der Waals surface area contributed by atoms with Crippen molar-refractivity contribution in [2.45, 2.75) is 401 Å². The second-order valence-electron chi connectivity index (χ2n) is 29.1. The summed E-state index contributed by atoms with van der Waals surface area (Å²) >= 11 is 0. The molecule has 0 saturated heterocycles. The van der Waals surface area contributed by atoms with Gasteiger partial charge in [-0.25, -0.2) is 9.13 Å². The lowest BCUT2D eigenvalue weighted by atomic mass is 9.99. The molecule has 0 aromatic rings. The average molecular weight is 1400 g/mol. The summed E-state index contributed by atoms with van der Waals surface area (Å²) in [6, 6.07) is 0. The quantitative estimate of drug-likeness (QED) is 0.0222. The summed E-state index contributed by atoms with van der Waals surface area (Å²) in [6.07, 6.45) is 49.8. The largest absolute Gasteiger partial charge is 0.472 e. The van der Waals surface area contributed by atoms with E-state index in [1.165, 1.54) is 186 Å². The third-order valence-corrected chi connectivity index (χ3v) is 19.8. The lowest BCUT2D eigenvalue weighted by molar-refractivity contribution is -0.161. The summed E-state index contributed by atoms with van der Waals surface area (Å²) in [4.78, 5) is 72.9. The van der Waals surface area contributed by atoms with E-state index < -0.39 is 97.5 Å². The van der Waals surface area contributed by atoms with Gasteiger partial charge in [-0.3, -0.25) is 37.3 Å². The van der Waals surface area contributed by atoms with Gasteiger partial charge in [-0.05, 0) is 49.4 Å². The van der Waals surface area contributed by atoms with Gasteiger partial charge in [-0.2, -0.15) is 0 Å². The Morgan fingerprint density at radius 1 is 0.295 bits per heavy atom. The number of hydrogen-bond donors (Lipinski definition) is 3. The Morgan fingerprint density at radius 2 is 0.505 bits per heavy atom. The van der Waals surface area contributed by atoms with Crippen molar-refractivity contribution in [2.75, 3.05) is 39.6 Å². The number of hydrogen-bond acceptors (Lipinski definition) is 15. The molecule has 0 heterocycles. The lowest BCUT2D eigenvalue weighted by Gasteiger charge is -2.21. The molecule has 0 aliphatic rings. The summed E-state index contributed by atoms with van der Waals surface area (Å²) in [6.45, 7) is 14.2. The van der Waals surface area contributed by atoms with Gasteiger partial charge in [0.25, 0.3) is 0 Å². The van der Waals surface area contributed by atoms with Crippen LogP contribution in [-0.4, -0.2) is 96.7 Å². The molecule has 0 saturated carbocycles. The number of carbonyl (C=O) groups is 4. The zero-order valence-corrected chi connectivity index (χ0v) is 64.1. The van der Waals surface area contributed by atoms with Gasteiger partial charge in [0.2, 0.25) is 0 Å². The van der Waals surface area contributed by atoms with Gasteiger partial charge in [0.05, 0.1) is 26.4 Å². The molecule has 95 heavy (non-hydrogen) atoms. The van der Waals surface area contributed by atoms with Crippen LogP contribution in [0.2, 0.25) is 0 Å². The number of esters is 4. The number of ether oxygens (including phenoxy) is 4. The van der Waals surface area contributed by atoms with E-state index in [4.69, 9.17) is 37.0 Å². The highest BCUT2D eigenvalue weighted by atomic mass is 31.2. The number of unbranched alkanes of at least 4 members (excludes halogenated alkanes) is 38. The van der Waals surface area contributed by atoms with Crippen molar-refractivity contribution >= 4 is 39.5 Å². The van der Waals surface area contributed by atoms with Crippen molar-refractivity contribution in [3.63, 3.8) is 0 Å². The normalized spacial score (nSPS) is 14.4. The molecule has 0 aromatic carbocycles. The van der Waals surface area contributed by atoms with Crippen molar-refractivity contribution in [3.8, 4) is 0 Å². The molecule has 3 unspecified atom stereocenters. The van der Waals surface area contributed by atoms with Crippen LogP contribution in [0, 0.1) is 23.7 Å². The SMILES string of the molecule is CCC(C)CCCCCCCCCCCCC(=O)OC[C@H](COP(=O)(O)OC[C@@H](O)COP(=O)(O)OC[C@@H](COC(=O)CCCCCCCCCCCCC(C)C)OC(=O)CCCCCCCCCCCCC(C)C)OC(=O)CCCCCCCCCCCCCCC(C)C. The molecule has 0 fully saturated rings. The molecule has 0 radical (unpaired) electrons. The molecular weight excluding hydrogens is 1250 g/mol. The third kappa shape index (κ3) is 69.0. The van der Waals surface area contributed by atoms with E-state index in [2.05, 4.69) is 55.4 Å². The predicted octanol–water partition coefficient (Wildman–Crippen LogP) is 22.0. The molecule has 17 nitrogen and oxygen atoms in total. The Bertz CT molecular complexity index is 1870. The van der Waals surface area contributed by atoms with Gasteiger partial charge >= 0.3 is 39.5 Å². The van der Waals surface area contributed by atoms with Crippen molar-refractivity contribution in [3.05, 3.63) is 0 Å². The monoisotopic (exact) mass is 1400 g/mol. The number of aliphatic hydroxyl groups excluding tert-OH is 1. The lowest BCUT2D eigenvalue weighted by Crippen LogP contribution is -2.30. The van der Waals surface area contributed by atoms with Gasteiger partial charge in [-0.15, -0.1) is 0 Å². The maximum atomic E-state index is 13.1. The van der Waals surface area contributed by atoms with Crippen LogP contribution in [0.5, 0.6) is 0 Å². The predicted molar refractivity (Wildman–Crippen MR) is 386 cm³/mol. The van der Waals surface area contributed by atoms with Gasteiger partial charge in [0.15, 0.2) is 12.2 Å². The second-order valence-corrected chi connectivity index (χ2v) is 32.0. The van der Waals surface area contributed by atoms with Crippen LogP contribution in [-0.2, 0) is 65.4 Å². The fourth-order valence-corrected chi connectivity index (χ4v) is 13.1. The number of carbonyl (C=O) groups excluding carboxylic acids is 4. The first-order valence-corrected chi connectivity index (χ1v) is 42.2. The third-order valence-electron chi connectivity index (χ3n) is 17.9. The van der Waals surface area contributed by atoms with Crippen LogP contribution < -0.4 is 0 Å². The van der Waals surface area contributed by atoms with Crippen LogP contribution in [0.3, 0.4) is 0 Å². The van der Waals surface area contributed by atoms with Crippen LogP contribution in [0.25, 0.3) is 0 Å². The Hall–Kier alpha value is -1.94. The van der Waals surface area contributed by atoms with E-state index in [1.807, 2.05) is 0 Å². The second kappa shape index (κ2) is 65.4. The van der Waals surface area contributed by atoms with Gasteiger partial charge < -0.3 is 33.8 Å². The fraction of sp³-hybridized carbons (Fsp3) is 0.947. The van der Waals surface area contributed by atoms with Crippen LogP contribution in [0.1, 0.15) is 383 Å². The molecule has 0 spiro atoms. The highest BCUT2D eigenvalue weighted by molar-refractivity contribution is 7.47. The summed E-state index contributed by atoms with van der Waals surface area (Å²) in [5.74, 6) is 0.977. The van der Waals surface area contributed by atoms with E-state index >= 15 is 0 Å². The number of aliphatic hydroxyl groups is 1. The Labute approximate surface area is 581 Å². The molecule has 19 heteroatoms. The molecule has 6 atom stereocenters. The summed E-state index contributed by atoms with van der Waals surface area (Å²) in [5, 5.41) is 10.6. The molecule has 0 aromatic heterocycles. The highest BCUT2D eigenvalue weighted by Gasteiger charge is 2.30. The highest BCUT2D eigenvalue weighted by Crippen LogP contribution is 2.45. The molecule has 0 aliphatic carbocycles. The minimum absolute atomic E-state index is 0.105. The average Bonchev–Trinajstić information content (AvgIpc) is 2.00. The molecule has 0 aliphatic heterocycles. The van der Waals surface area contributed by atoms with E-state index in [1.54, 1.807) is 0 Å². The zero-order valence-electron chi connectivity index (χ0n) is 62.3. The van der Waals surface area contributed by atoms with E-state index in [0.29, 0.717) is 25.7 Å². The van der Waals surface area contributed by atoms with Gasteiger partial charge in [0, 0.05) is 25.7 Å². The van der Waals surface area contributed by atoms with Crippen molar-refractivity contribution < 1.29 is 80.2 Å². The van der Waals surface area contributed by atoms with E-state index in [-0.39, 0.29) is 25.7 Å². The van der Waals surface area contributed by atoms with Crippen molar-refractivity contribution in [1.29, 1.82) is 0 Å². The Kier molecular flexibility index (Phi) is 64.0. The van der Waals surface area contributed by atoms with E-state index in [0.717, 1.165) is 114 Å². The first-order chi connectivity index (χ1) is 45.6. The van der Waals surface area contributed by atoms with E-state index in [9.17, 15) is 43.2 Å². The standard InChI is InChI=1S/C76H148O17P2/c1-9-69(8)55-47-39-31-23-16-19-25-33-41-49-57-74(79)87-62-71(92-75(80)58-50-42-34-26-13-11-10-12-20-28-36-44-52-66(2)3)64-90-94(82,83)88-60-70(77)61-89-95(84,85)91-65-72(93-76(81)59-51-43-35-27-18-15-22-30-38-46-54-68(6)7)63-86-73(78)56-48-40-32-24-17-14-21-29-37-45-53-67(4)5/h66-72,77H,9-65H2,1-8H3,(H,82,83)(H,84,85)/t69?,70-,71-,72-/m1/s1. The molecule has 564 valence electrons. The van der Waals surface area contributed by atoms with Gasteiger partial charge in [-0.1, -0.05) is 331 Å². The van der Waals surface area contributed by atoms with Crippen LogP contribution in [0.15, 0.2) is 0 Å². The Balaban J connectivity index is 5.28. The van der Waals surface area contributed by atoms with Gasteiger partial charge in [0.1, 0.15) is 19.3 Å². The first-order valence-electron chi connectivity index (χ1n) is 39.2. The fourth-order valence-electron chi connectivity index (χ4n) is 11.5. The summed E-state index contributed by atoms with van der Waals surface area (Å²) < 4.78 is 68.6. The van der Waals surface area contributed by atoms with Crippen molar-refractivity contribution in [2.24, 2.45) is 23.7 Å². The molecule has 3 N–H and O–H groups in total. The van der Waals surface area contributed by atoms with Crippen molar-refractivity contribution in [1.82, 2.24) is 0 Å². The Morgan fingerprint density at radius 3 is 0.747 bits per heavy atom. The molecule has 0 amide bonds. The topological polar surface area (TPSA) is 237 Å². The number of phosphoric ester groups is 2. The smallest absolute Gasteiger partial charge is 0.462 e. The summed E-state index contributed by atoms with van der Waals surface area (Å²) in [5.41, 5.74) is 0. The first kappa shape index (κ1) is 93.1.